The van der Waals surface area contributed by atoms with Gasteiger partial charge in [-0.25, -0.2) is 4.98 Å². The molecule has 0 saturated carbocycles. The number of rotatable bonds is 7. The van der Waals surface area contributed by atoms with E-state index in [1.807, 2.05) is 14.1 Å². The third-order valence-electron chi connectivity index (χ3n) is 2.61. The van der Waals surface area contributed by atoms with Crippen LogP contribution in [0.2, 0.25) is 5.15 Å². The molecule has 1 aromatic heterocycles. The first kappa shape index (κ1) is 16.3. The van der Waals surface area contributed by atoms with Crippen molar-refractivity contribution in [3.63, 3.8) is 0 Å². The van der Waals surface area contributed by atoms with Gasteiger partial charge < -0.3 is 10.2 Å². The van der Waals surface area contributed by atoms with E-state index < -0.39 is 10.8 Å². The summed E-state index contributed by atoms with van der Waals surface area (Å²) >= 11 is 5.66. The summed E-state index contributed by atoms with van der Waals surface area (Å²) in [6.45, 7) is 1.39. The van der Waals surface area contributed by atoms with Crippen molar-refractivity contribution in [3.8, 4) is 0 Å². The molecule has 0 aliphatic rings. The van der Waals surface area contributed by atoms with E-state index in [1.165, 1.54) is 6.07 Å². The summed E-state index contributed by atoms with van der Waals surface area (Å²) in [6.07, 6.45) is 2.73. The van der Waals surface area contributed by atoms with Crippen molar-refractivity contribution in [3.05, 3.63) is 33.1 Å². The van der Waals surface area contributed by atoms with Crippen molar-refractivity contribution in [1.29, 1.82) is 0 Å². The molecule has 0 aliphatic carbocycles. The average molecular weight is 301 g/mol. The molecule has 0 fully saturated rings. The van der Waals surface area contributed by atoms with Crippen LogP contribution in [0.15, 0.2) is 12.3 Å². The van der Waals surface area contributed by atoms with Crippen LogP contribution in [-0.4, -0.2) is 47.9 Å². The van der Waals surface area contributed by atoms with Crippen LogP contribution in [0.1, 0.15) is 23.2 Å². The van der Waals surface area contributed by atoms with Crippen molar-refractivity contribution in [2.75, 3.05) is 27.2 Å². The Hall–Kier alpha value is -1.73. The van der Waals surface area contributed by atoms with Gasteiger partial charge in [0.1, 0.15) is 16.9 Å². The molecule has 0 bridgehead atoms. The van der Waals surface area contributed by atoms with Crippen molar-refractivity contribution in [2.24, 2.45) is 0 Å². The smallest absolute Gasteiger partial charge is 0.300 e. The highest BCUT2D eigenvalue weighted by Gasteiger charge is 2.20. The van der Waals surface area contributed by atoms with Crippen molar-refractivity contribution < 1.29 is 9.72 Å². The Balaban J connectivity index is 2.59. The summed E-state index contributed by atoms with van der Waals surface area (Å²) in [4.78, 5) is 27.7. The molecule has 1 rings (SSSR count). The molecule has 1 amide bonds. The first-order valence-electron chi connectivity index (χ1n) is 6.14. The van der Waals surface area contributed by atoms with Crippen LogP contribution in [0.4, 0.5) is 5.69 Å². The van der Waals surface area contributed by atoms with E-state index in [0.29, 0.717) is 6.54 Å². The molecule has 0 aliphatic heterocycles. The van der Waals surface area contributed by atoms with Gasteiger partial charge >= 0.3 is 0 Å². The fourth-order valence-corrected chi connectivity index (χ4v) is 1.76. The summed E-state index contributed by atoms with van der Waals surface area (Å²) in [5.74, 6) is -0.508. The average Bonchev–Trinajstić information content (AvgIpc) is 2.37. The number of nitrogens with one attached hydrogen (secondary N) is 1. The quantitative estimate of drug-likeness (QED) is 0.358. The highest BCUT2D eigenvalue weighted by Crippen LogP contribution is 2.20. The number of aromatic nitrogens is 1. The number of amides is 1. The van der Waals surface area contributed by atoms with E-state index in [2.05, 4.69) is 15.2 Å². The summed E-state index contributed by atoms with van der Waals surface area (Å²) in [7, 11) is 3.95. The van der Waals surface area contributed by atoms with Gasteiger partial charge in [0.05, 0.1) is 4.92 Å². The molecule has 110 valence electrons. The van der Waals surface area contributed by atoms with Gasteiger partial charge in [-0.2, -0.15) is 0 Å². The maximum Gasteiger partial charge on any atom is 0.300 e. The third-order valence-corrected chi connectivity index (χ3v) is 2.82. The number of hydrogen-bond acceptors (Lipinski definition) is 5. The molecule has 1 N–H and O–H groups in total. The Labute approximate surface area is 122 Å². The fourth-order valence-electron chi connectivity index (χ4n) is 1.60. The molecule has 8 heteroatoms. The maximum atomic E-state index is 11.9. The minimum absolute atomic E-state index is 0.0494. The maximum absolute atomic E-state index is 11.9. The lowest BCUT2D eigenvalue weighted by Gasteiger charge is -2.09. The van der Waals surface area contributed by atoms with Crippen LogP contribution in [0.5, 0.6) is 0 Å². The number of hydrogen-bond donors (Lipinski definition) is 1. The highest BCUT2D eigenvalue weighted by molar-refractivity contribution is 6.29. The minimum Gasteiger partial charge on any atom is -0.352 e. The molecule has 0 atom stereocenters. The Morgan fingerprint density at radius 1 is 1.50 bits per heavy atom. The van der Waals surface area contributed by atoms with Gasteiger partial charge in [0, 0.05) is 6.54 Å². The summed E-state index contributed by atoms with van der Waals surface area (Å²) in [5, 5.41) is 13.5. The standard InChI is InChI=1S/C12H17ClN4O3/c1-16(2)6-4-3-5-14-12(18)9-7-11(13)15-8-10(9)17(19)20/h7-8H,3-6H2,1-2H3,(H,14,18). The summed E-state index contributed by atoms with van der Waals surface area (Å²) in [5.41, 5.74) is -0.414. The van der Waals surface area contributed by atoms with Gasteiger partial charge in [-0.15, -0.1) is 0 Å². The van der Waals surface area contributed by atoms with Gasteiger partial charge in [0.2, 0.25) is 0 Å². The normalized spacial score (nSPS) is 10.6. The zero-order valence-electron chi connectivity index (χ0n) is 11.4. The second-order valence-electron chi connectivity index (χ2n) is 4.55. The van der Waals surface area contributed by atoms with Gasteiger partial charge in [-0.3, -0.25) is 14.9 Å². The predicted molar refractivity (Wildman–Crippen MR) is 76.0 cm³/mol. The van der Waals surface area contributed by atoms with Crippen LogP contribution in [-0.2, 0) is 0 Å². The highest BCUT2D eigenvalue weighted by atomic mass is 35.5. The Morgan fingerprint density at radius 2 is 2.20 bits per heavy atom. The SMILES string of the molecule is CN(C)CCCCNC(=O)c1cc(Cl)ncc1[N+](=O)[O-]. The Kier molecular flexibility index (Phi) is 6.33. The first-order valence-corrected chi connectivity index (χ1v) is 6.52. The Morgan fingerprint density at radius 3 is 2.80 bits per heavy atom. The summed E-state index contributed by atoms with van der Waals surface area (Å²) in [6, 6.07) is 1.20. The molecule has 0 saturated heterocycles. The van der Waals surface area contributed by atoms with Crippen LogP contribution in [0, 0.1) is 10.1 Å². The van der Waals surface area contributed by atoms with E-state index >= 15 is 0 Å². The minimum atomic E-state index is -0.649. The third kappa shape index (κ3) is 5.10. The topological polar surface area (TPSA) is 88.4 Å². The summed E-state index contributed by atoms with van der Waals surface area (Å²) < 4.78 is 0. The van der Waals surface area contributed by atoms with E-state index in [1.54, 1.807) is 0 Å². The molecule has 0 spiro atoms. The molecule has 0 radical (unpaired) electrons. The number of unbranched alkanes of at least 4 members (excludes halogenated alkanes) is 1. The molecule has 1 heterocycles. The van der Waals surface area contributed by atoms with Gasteiger partial charge in [0.15, 0.2) is 0 Å². The van der Waals surface area contributed by atoms with Gasteiger partial charge in [-0.1, -0.05) is 11.6 Å². The number of halogens is 1. The Bertz CT molecular complexity index is 494. The van der Waals surface area contributed by atoms with Crippen molar-refractivity contribution >= 4 is 23.2 Å². The monoisotopic (exact) mass is 300 g/mol. The van der Waals surface area contributed by atoms with E-state index in [-0.39, 0.29) is 16.4 Å². The number of carbonyl (C=O) groups excluding carboxylic acids is 1. The molecular formula is C12H17ClN4O3. The molecule has 0 aromatic carbocycles. The molecule has 20 heavy (non-hydrogen) atoms. The van der Waals surface area contributed by atoms with Gasteiger partial charge in [-0.05, 0) is 39.5 Å². The lowest BCUT2D eigenvalue weighted by Crippen LogP contribution is -2.26. The van der Waals surface area contributed by atoms with Crippen molar-refractivity contribution in [1.82, 2.24) is 15.2 Å². The molecule has 7 nitrogen and oxygen atoms in total. The van der Waals surface area contributed by atoms with Crippen LogP contribution in [0.3, 0.4) is 0 Å². The fraction of sp³-hybridized carbons (Fsp3) is 0.500. The second kappa shape index (κ2) is 7.76. The van der Waals surface area contributed by atoms with Crippen molar-refractivity contribution in [2.45, 2.75) is 12.8 Å². The van der Waals surface area contributed by atoms with E-state index in [9.17, 15) is 14.9 Å². The number of pyridine rings is 1. The zero-order chi connectivity index (χ0) is 15.1. The van der Waals surface area contributed by atoms with Crippen LogP contribution >= 0.6 is 11.6 Å². The van der Waals surface area contributed by atoms with Crippen LogP contribution in [0.25, 0.3) is 0 Å². The largest absolute Gasteiger partial charge is 0.352 e. The van der Waals surface area contributed by atoms with Gasteiger partial charge in [0.25, 0.3) is 11.6 Å². The molecule has 1 aromatic rings. The number of nitrogens with zero attached hydrogens (tertiary/aromatic N) is 3. The zero-order valence-corrected chi connectivity index (χ0v) is 12.2. The number of nitro groups is 1. The number of carbonyl (C=O) groups is 1. The first-order chi connectivity index (χ1) is 9.41. The molecule has 0 unspecified atom stereocenters. The predicted octanol–water partition coefficient (Wildman–Crippen LogP) is 1.71. The lowest BCUT2D eigenvalue weighted by molar-refractivity contribution is -0.385. The van der Waals surface area contributed by atoms with E-state index in [4.69, 9.17) is 11.6 Å². The second-order valence-corrected chi connectivity index (χ2v) is 4.93. The van der Waals surface area contributed by atoms with E-state index in [0.717, 1.165) is 25.6 Å². The lowest BCUT2D eigenvalue weighted by atomic mass is 10.2. The molecular weight excluding hydrogens is 284 g/mol. The van der Waals surface area contributed by atoms with Crippen LogP contribution < -0.4 is 5.32 Å².